The molecule has 59 heavy (non-hydrogen) atoms. The van der Waals surface area contributed by atoms with Gasteiger partial charge in [0.2, 0.25) is 17.9 Å². The van der Waals surface area contributed by atoms with Gasteiger partial charge in [-0.1, -0.05) is 95.8 Å². The highest BCUT2D eigenvalue weighted by atomic mass is 16.8. The van der Waals surface area contributed by atoms with Gasteiger partial charge in [0.25, 0.3) is 0 Å². The van der Waals surface area contributed by atoms with Crippen LogP contribution in [-0.2, 0) is 49.3 Å². The maximum atomic E-state index is 14.4. The van der Waals surface area contributed by atoms with Crippen LogP contribution in [0.4, 0.5) is 0 Å². The molecular formula is C46H60N2O11. The van der Waals surface area contributed by atoms with Crippen molar-refractivity contribution in [3.8, 4) is 0 Å². The minimum Gasteiger partial charge on any atom is -0.462 e. The van der Waals surface area contributed by atoms with Gasteiger partial charge >= 0.3 is 17.9 Å². The zero-order valence-corrected chi connectivity index (χ0v) is 35.0. The molecule has 0 saturated carbocycles. The van der Waals surface area contributed by atoms with Crippen molar-refractivity contribution in [3.63, 3.8) is 0 Å². The molecule has 2 aromatic carbocycles. The average molecular weight is 817 g/mol. The Morgan fingerprint density at radius 1 is 0.949 bits per heavy atom. The lowest BCUT2D eigenvalue weighted by Gasteiger charge is -2.33. The second-order valence-corrected chi connectivity index (χ2v) is 16.3. The summed E-state index contributed by atoms with van der Waals surface area (Å²) in [6, 6.07) is 14.9. The Hall–Kier alpha value is -4.85. The molecule has 0 bridgehead atoms. The highest BCUT2D eigenvalue weighted by Gasteiger charge is 2.53. The first-order valence-electron chi connectivity index (χ1n) is 20.9. The summed E-state index contributed by atoms with van der Waals surface area (Å²) in [6.45, 7) is 7.80. The molecule has 0 aromatic heterocycles. The normalized spacial score (nSPS) is 22.2. The molecule has 2 saturated heterocycles. The monoisotopic (exact) mass is 816 g/mol. The Kier molecular flexibility index (Phi) is 16.0. The fourth-order valence-corrected chi connectivity index (χ4v) is 7.69. The molecule has 5 rings (SSSR count). The lowest BCUT2D eigenvalue weighted by Crippen LogP contribution is -2.51. The number of benzene rings is 2. The second kappa shape index (κ2) is 20.9. The number of unbranched alkanes of at least 4 members (excludes halogenated alkanes) is 4. The molecule has 2 aliphatic heterocycles. The molecular weight excluding hydrogens is 757 g/mol. The number of cyclic esters (lactones) is 1. The van der Waals surface area contributed by atoms with Gasteiger partial charge in [0.05, 0.1) is 12.2 Å². The van der Waals surface area contributed by atoms with Gasteiger partial charge in [-0.15, -0.1) is 0 Å². The van der Waals surface area contributed by atoms with E-state index >= 15 is 0 Å². The van der Waals surface area contributed by atoms with Crippen molar-refractivity contribution in [2.45, 2.75) is 128 Å². The summed E-state index contributed by atoms with van der Waals surface area (Å²) in [4.78, 5) is 67.6. The van der Waals surface area contributed by atoms with Crippen LogP contribution in [0, 0.1) is 5.41 Å². The first kappa shape index (κ1) is 45.2. The van der Waals surface area contributed by atoms with Gasteiger partial charge in [-0.25, -0.2) is 14.4 Å². The number of hydrogen-bond acceptors (Lipinski definition) is 11. The molecule has 2 heterocycles. The quantitative estimate of drug-likeness (QED) is 0.0711. The number of likely N-dealkylation sites (N-methyl/N-ethyl adjacent to an activating group) is 1. The number of amides is 2. The van der Waals surface area contributed by atoms with Crippen LogP contribution >= 0.6 is 0 Å². The number of aliphatic hydroxyl groups is 1. The Balaban J connectivity index is 1.36. The predicted molar refractivity (Wildman–Crippen MR) is 220 cm³/mol. The second-order valence-electron chi connectivity index (χ2n) is 16.3. The van der Waals surface area contributed by atoms with Gasteiger partial charge in [0.15, 0.2) is 5.79 Å². The number of esters is 3. The molecule has 0 radical (unpaired) electrons. The van der Waals surface area contributed by atoms with Crippen LogP contribution < -0.4 is 5.32 Å². The van der Waals surface area contributed by atoms with Crippen LogP contribution in [0.15, 0.2) is 72.3 Å². The van der Waals surface area contributed by atoms with E-state index in [0.717, 1.165) is 44.1 Å². The predicted octanol–water partition coefficient (Wildman–Crippen LogP) is 5.87. The van der Waals surface area contributed by atoms with Gasteiger partial charge in [-0.05, 0) is 48.3 Å². The smallest absolute Gasteiger partial charge is 0.348 e. The summed E-state index contributed by atoms with van der Waals surface area (Å²) in [5, 5.41) is 12.1. The Morgan fingerprint density at radius 2 is 1.63 bits per heavy atom. The molecule has 0 unspecified atom stereocenters. The Morgan fingerprint density at radius 3 is 2.24 bits per heavy atom. The van der Waals surface area contributed by atoms with Crippen LogP contribution in [0.2, 0.25) is 0 Å². The molecule has 1 aliphatic carbocycles. The van der Waals surface area contributed by atoms with Gasteiger partial charge in [0, 0.05) is 56.3 Å². The fraction of sp³-hybridized carbons (Fsp3) is 0.543. The molecule has 320 valence electrons. The minimum atomic E-state index is -0.999. The number of carbonyl (C=O) groups excluding carboxylic acids is 5. The largest absolute Gasteiger partial charge is 0.462 e. The molecule has 2 amide bonds. The van der Waals surface area contributed by atoms with E-state index in [1.165, 1.54) is 17.1 Å². The molecule has 2 N–H and O–H groups in total. The maximum absolute atomic E-state index is 14.4. The Labute approximate surface area is 347 Å². The molecule has 2 fully saturated rings. The van der Waals surface area contributed by atoms with Crippen LogP contribution in [-0.4, -0.2) is 103 Å². The molecule has 2 aromatic rings. The number of ether oxygens (including phenoxy) is 5. The first-order chi connectivity index (χ1) is 28.3. The third-order valence-electron chi connectivity index (χ3n) is 11.1. The van der Waals surface area contributed by atoms with Crippen molar-refractivity contribution in [2.75, 3.05) is 26.8 Å². The van der Waals surface area contributed by atoms with E-state index in [1.807, 2.05) is 30.3 Å². The van der Waals surface area contributed by atoms with Crippen molar-refractivity contribution in [3.05, 3.63) is 89.0 Å². The summed E-state index contributed by atoms with van der Waals surface area (Å²) in [5.41, 5.74) is 1.41. The van der Waals surface area contributed by atoms with E-state index in [4.69, 9.17) is 23.7 Å². The third-order valence-corrected chi connectivity index (χ3v) is 11.1. The summed E-state index contributed by atoms with van der Waals surface area (Å²) in [6.07, 6.45) is 8.67. The van der Waals surface area contributed by atoms with Crippen molar-refractivity contribution >= 4 is 35.8 Å². The van der Waals surface area contributed by atoms with Crippen molar-refractivity contribution in [2.24, 2.45) is 5.41 Å². The summed E-state index contributed by atoms with van der Waals surface area (Å²) < 4.78 is 30.2. The zero-order chi connectivity index (χ0) is 42.6. The summed E-state index contributed by atoms with van der Waals surface area (Å²) in [5.74, 6) is -3.63. The van der Waals surface area contributed by atoms with E-state index in [1.54, 1.807) is 51.2 Å². The number of nitrogens with one attached hydrogen (secondary N) is 1. The van der Waals surface area contributed by atoms with E-state index in [9.17, 15) is 29.1 Å². The fourth-order valence-electron chi connectivity index (χ4n) is 7.69. The number of nitrogens with zero attached hydrogens (tertiary/aromatic N) is 1. The number of fused-ring (bicyclic) bond motifs is 1. The highest BCUT2D eigenvalue weighted by molar-refractivity contribution is 5.97. The van der Waals surface area contributed by atoms with Crippen molar-refractivity contribution in [1.82, 2.24) is 10.2 Å². The summed E-state index contributed by atoms with van der Waals surface area (Å²) >= 11 is 0. The van der Waals surface area contributed by atoms with Crippen molar-refractivity contribution in [1.29, 1.82) is 0 Å². The van der Waals surface area contributed by atoms with Crippen molar-refractivity contribution < 1.29 is 52.8 Å². The molecule has 5 atom stereocenters. The standard InChI is InChI=1S/C46H60N2O11/c1-6-8-13-23-46(24-14-9-7-2)58-37-29-34(42(52)48(5)35(41(51)47-25-26-49)27-32-15-11-10-12-16-32)28-36(39(37)59-46)56-43(53)33-20-17-31(18-21-33)19-22-38(50)57-40-44(54)55-30-45(40,3)4/h10-12,15-22,29,35-37,39-40,49H,6-9,13-14,23-28,30H2,1-5H3,(H,47,51)/t35-,36-,37-,39+,40+/m1/s1. The molecule has 13 nitrogen and oxygen atoms in total. The van der Waals surface area contributed by atoms with Gasteiger partial charge in [-0.2, -0.15) is 0 Å². The van der Waals surface area contributed by atoms with Crippen LogP contribution in [0.1, 0.15) is 107 Å². The van der Waals surface area contributed by atoms with Crippen LogP contribution in [0.3, 0.4) is 0 Å². The van der Waals surface area contributed by atoms with E-state index < -0.39 is 71.4 Å². The summed E-state index contributed by atoms with van der Waals surface area (Å²) in [7, 11) is 1.58. The van der Waals surface area contributed by atoms with E-state index in [2.05, 4.69) is 19.2 Å². The van der Waals surface area contributed by atoms with Gasteiger partial charge in [0.1, 0.15) is 31.0 Å². The minimum absolute atomic E-state index is 0.0318. The number of carbonyl (C=O) groups is 5. The molecule has 3 aliphatic rings. The van der Waals surface area contributed by atoms with Crippen LogP contribution in [0.5, 0.6) is 0 Å². The number of rotatable bonds is 20. The van der Waals surface area contributed by atoms with E-state index in [0.29, 0.717) is 24.0 Å². The lowest BCUT2D eigenvalue weighted by atomic mass is 9.90. The topological polar surface area (TPSA) is 167 Å². The first-order valence-corrected chi connectivity index (χ1v) is 20.9. The van der Waals surface area contributed by atoms with E-state index in [-0.39, 0.29) is 38.2 Å². The number of aliphatic hydroxyl groups excluding tert-OH is 1. The number of hydrogen-bond donors (Lipinski definition) is 2. The van der Waals surface area contributed by atoms with Crippen LogP contribution in [0.25, 0.3) is 6.08 Å². The zero-order valence-electron chi connectivity index (χ0n) is 35.0. The molecule has 0 spiro atoms. The van der Waals surface area contributed by atoms with Gasteiger partial charge < -0.3 is 39.0 Å². The highest BCUT2D eigenvalue weighted by Crippen LogP contribution is 2.43. The SMILES string of the molecule is CCCCCC1(CCCCC)O[C@@H]2[C@@H](C=C(C(=O)N(C)[C@H](Cc3ccccc3)C(=O)NCCO)C[C@H]2OC(=O)c2ccc(C=CC(=O)O[C@H]3C(=O)OCC3(C)C)cc2)O1. The maximum Gasteiger partial charge on any atom is 0.348 e. The average Bonchev–Trinajstić information content (AvgIpc) is 3.73. The Bertz CT molecular complexity index is 1810. The molecule has 13 heteroatoms. The third kappa shape index (κ3) is 11.9. The lowest BCUT2D eigenvalue weighted by molar-refractivity contribution is -0.190. The van der Waals surface area contributed by atoms with Gasteiger partial charge in [-0.3, -0.25) is 9.59 Å².